The van der Waals surface area contributed by atoms with Gasteiger partial charge in [0.2, 0.25) is 0 Å². The molecule has 0 aliphatic heterocycles. The fourth-order valence-electron chi connectivity index (χ4n) is 1.70. The van der Waals surface area contributed by atoms with E-state index < -0.39 is 0 Å². The van der Waals surface area contributed by atoms with E-state index in [1.54, 1.807) is 0 Å². The van der Waals surface area contributed by atoms with Gasteiger partial charge >= 0.3 is 0 Å². The van der Waals surface area contributed by atoms with Gasteiger partial charge in [-0.05, 0) is 32.4 Å². The maximum Gasteiger partial charge on any atom is 0.0104 e. The molecule has 0 aromatic heterocycles. The average Bonchev–Trinajstić information content (AvgIpc) is 2.33. The predicted octanol–water partition coefficient (Wildman–Crippen LogP) is 0.333. The molecular weight excluding hydrogens is 112 g/mol. The molecule has 0 heterocycles. The summed E-state index contributed by atoms with van der Waals surface area (Å²) >= 11 is 0. The van der Waals surface area contributed by atoms with E-state index in [0.29, 0.717) is 6.04 Å². The zero-order valence-corrected chi connectivity index (χ0v) is 6.06. The summed E-state index contributed by atoms with van der Waals surface area (Å²) in [6.45, 7) is 0.853. The van der Waals surface area contributed by atoms with E-state index in [1.165, 1.54) is 19.3 Å². The first-order valence-electron chi connectivity index (χ1n) is 3.76. The summed E-state index contributed by atoms with van der Waals surface area (Å²) < 4.78 is 0. The van der Waals surface area contributed by atoms with E-state index >= 15 is 0 Å². The molecule has 0 spiro atoms. The SMILES string of the molecule is CNC1CCCC1CN. The molecule has 0 amide bonds. The van der Waals surface area contributed by atoms with Crippen LogP contribution in [0.3, 0.4) is 0 Å². The Morgan fingerprint density at radius 2 is 2.33 bits per heavy atom. The Bertz CT molecular complexity index is 73.0. The number of nitrogens with one attached hydrogen (secondary N) is 1. The van der Waals surface area contributed by atoms with Crippen LogP contribution in [0.2, 0.25) is 0 Å². The summed E-state index contributed by atoms with van der Waals surface area (Å²) in [5, 5.41) is 3.28. The Balaban J connectivity index is 2.32. The lowest BCUT2D eigenvalue weighted by atomic mass is 10.1. The highest BCUT2D eigenvalue weighted by atomic mass is 14.9. The maximum absolute atomic E-state index is 5.56. The predicted molar refractivity (Wildman–Crippen MR) is 39.2 cm³/mol. The van der Waals surface area contributed by atoms with E-state index in [9.17, 15) is 0 Å². The van der Waals surface area contributed by atoms with Crippen molar-refractivity contribution in [2.75, 3.05) is 13.6 Å². The van der Waals surface area contributed by atoms with Crippen LogP contribution in [-0.4, -0.2) is 19.6 Å². The molecule has 9 heavy (non-hydrogen) atoms. The van der Waals surface area contributed by atoms with Crippen LogP contribution in [0.1, 0.15) is 19.3 Å². The number of hydrogen-bond acceptors (Lipinski definition) is 2. The average molecular weight is 128 g/mol. The zero-order chi connectivity index (χ0) is 6.69. The van der Waals surface area contributed by atoms with Crippen LogP contribution in [0, 0.1) is 5.92 Å². The zero-order valence-electron chi connectivity index (χ0n) is 6.06. The summed E-state index contributed by atoms with van der Waals surface area (Å²) in [5.74, 6) is 0.745. The van der Waals surface area contributed by atoms with Crippen molar-refractivity contribution in [3.05, 3.63) is 0 Å². The van der Waals surface area contributed by atoms with Gasteiger partial charge in [-0.25, -0.2) is 0 Å². The Labute approximate surface area is 56.8 Å². The van der Waals surface area contributed by atoms with Crippen LogP contribution in [0.5, 0.6) is 0 Å². The Morgan fingerprint density at radius 1 is 1.56 bits per heavy atom. The molecule has 3 N–H and O–H groups in total. The van der Waals surface area contributed by atoms with Crippen LogP contribution < -0.4 is 11.1 Å². The molecule has 1 aliphatic carbocycles. The van der Waals surface area contributed by atoms with E-state index in [-0.39, 0.29) is 0 Å². The van der Waals surface area contributed by atoms with E-state index in [0.717, 1.165) is 12.5 Å². The second-order valence-corrected chi connectivity index (χ2v) is 2.82. The van der Waals surface area contributed by atoms with Gasteiger partial charge in [-0.1, -0.05) is 6.42 Å². The standard InChI is InChI=1S/C7H16N2/c1-9-7-4-2-3-6(7)5-8/h6-7,9H,2-5,8H2,1H3. The molecule has 2 heteroatoms. The summed E-state index contributed by atoms with van der Waals surface area (Å²) in [5.41, 5.74) is 5.56. The number of hydrogen-bond donors (Lipinski definition) is 2. The van der Waals surface area contributed by atoms with Gasteiger partial charge < -0.3 is 11.1 Å². The van der Waals surface area contributed by atoms with Gasteiger partial charge in [0.15, 0.2) is 0 Å². The lowest BCUT2D eigenvalue weighted by Gasteiger charge is -2.15. The summed E-state index contributed by atoms with van der Waals surface area (Å²) in [4.78, 5) is 0. The second-order valence-electron chi connectivity index (χ2n) is 2.82. The highest BCUT2D eigenvalue weighted by Gasteiger charge is 2.23. The van der Waals surface area contributed by atoms with Gasteiger partial charge in [0.25, 0.3) is 0 Å². The molecule has 0 saturated heterocycles. The highest BCUT2D eigenvalue weighted by molar-refractivity contribution is 4.82. The molecule has 0 radical (unpaired) electrons. The molecule has 0 aromatic rings. The molecule has 1 aliphatic rings. The Hall–Kier alpha value is -0.0800. The molecular formula is C7H16N2. The smallest absolute Gasteiger partial charge is 0.0104 e. The molecule has 2 unspecified atom stereocenters. The third-order valence-electron chi connectivity index (χ3n) is 2.33. The molecule has 0 aromatic carbocycles. The number of rotatable bonds is 2. The first kappa shape index (κ1) is 7.03. The van der Waals surface area contributed by atoms with Crippen molar-refractivity contribution in [1.29, 1.82) is 0 Å². The quantitative estimate of drug-likeness (QED) is 0.562. The fraction of sp³-hybridized carbons (Fsp3) is 1.00. The van der Waals surface area contributed by atoms with Crippen molar-refractivity contribution in [2.45, 2.75) is 25.3 Å². The highest BCUT2D eigenvalue weighted by Crippen LogP contribution is 2.23. The van der Waals surface area contributed by atoms with Gasteiger partial charge in [-0.15, -0.1) is 0 Å². The molecule has 2 atom stereocenters. The van der Waals surface area contributed by atoms with Gasteiger partial charge in [-0.2, -0.15) is 0 Å². The van der Waals surface area contributed by atoms with Gasteiger partial charge in [0.1, 0.15) is 0 Å². The van der Waals surface area contributed by atoms with Gasteiger partial charge in [-0.3, -0.25) is 0 Å². The van der Waals surface area contributed by atoms with Crippen molar-refractivity contribution < 1.29 is 0 Å². The molecule has 1 rings (SSSR count). The minimum absolute atomic E-state index is 0.704. The van der Waals surface area contributed by atoms with Crippen LogP contribution in [0.25, 0.3) is 0 Å². The van der Waals surface area contributed by atoms with Gasteiger partial charge in [0.05, 0.1) is 0 Å². The second kappa shape index (κ2) is 3.18. The van der Waals surface area contributed by atoms with Crippen molar-refractivity contribution in [3.8, 4) is 0 Å². The number of nitrogens with two attached hydrogens (primary N) is 1. The van der Waals surface area contributed by atoms with E-state index in [2.05, 4.69) is 5.32 Å². The maximum atomic E-state index is 5.56. The summed E-state index contributed by atoms with van der Waals surface area (Å²) in [6.07, 6.45) is 3.99. The van der Waals surface area contributed by atoms with Crippen LogP contribution in [-0.2, 0) is 0 Å². The van der Waals surface area contributed by atoms with Crippen LogP contribution in [0.15, 0.2) is 0 Å². The minimum atomic E-state index is 0.704. The topological polar surface area (TPSA) is 38.0 Å². The molecule has 1 fully saturated rings. The van der Waals surface area contributed by atoms with Crippen molar-refractivity contribution in [1.82, 2.24) is 5.32 Å². The van der Waals surface area contributed by atoms with E-state index in [4.69, 9.17) is 5.73 Å². The normalized spacial score (nSPS) is 35.3. The monoisotopic (exact) mass is 128 g/mol. The van der Waals surface area contributed by atoms with Crippen LogP contribution in [0.4, 0.5) is 0 Å². The summed E-state index contributed by atoms with van der Waals surface area (Å²) in [7, 11) is 2.03. The molecule has 0 bridgehead atoms. The summed E-state index contributed by atoms with van der Waals surface area (Å²) in [6, 6.07) is 0.704. The molecule has 54 valence electrons. The minimum Gasteiger partial charge on any atom is -0.330 e. The van der Waals surface area contributed by atoms with Crippen molar-refractivity contribution >= 4 is 0 Å². The fourth-order valence-corrected chi connectivity index (χ4v) is 1.70. The third kappa shape index (κ3) is 1.43. The lowest BCUT2D eigenvalue weighted by Crippen LogP contribution is -2.33. The van der Waals surface area contributed by atoms with Crippen LogP contribution >= 0.6 is 0 Å². The first-order valence-corrected chi connectivity index (χ1v) is 3.76. The lowest BCUT2D eigenvalue weighted by molar-refractivity contribution is 0.434. The third-order valence-corrected chi connectivity index (χ3v) is 2.33. The van der Waals surface area contributed by atoms with E-state index in [1.807, 2.05) is 7.05 Å². The molecule has 1 saturated carbocycles. The van der Waals surface area contributed by atoms with Crippen molar-refractivity contribution in [2.24, 2.45) is 11.7 Å². The molecule has 2 nitrogen and oxygen atoms in total. The Kier molecular flexibility index (Phi) is 2.49. The Morgan fingerprint density at radius 3 is 2.78 bits per heavy atom. The van der Waals surface area contributed by atoms with Crippen molar-refractivity contribution in [3.63, 3.8) is 0 Å². The first-order chi connectivity index (χ1) is 4.38. The van der Waals surface area contributed by atoms with Gasteiger partial charge in [0, 0.05) is 6.04 Å². The largest absolute Gasteiger partial charge is 0.330 e.